The molecule has 0 saturated carbocycles. The van der Waals surface area contributed by atoms with Crippen LogP contribution in [0.3, 0.4) is 0 Å². The minimum absolute atomic E-state index is 0.144. The van der Waals surface area contributed by atoms with Crippen LogP contribution in [0.25, 0.3) is 0 Å². The fourth-order valence-corrected chi connectivity index (χ4v) is 2.56. The molecule has 2 fully saturated rings. The lowest BCUT2D eigenvalue weighted by Crippen LogP contribution is -2.38. The molecule has 1 atom stereocenters. The molecule has 0 aromatic carbocycles. The number of nitrogens with one attached hydrogen (secondary N) is 1. The zero-order chi connectivity index (χ0) is 23.6. The second kappa shape index (κ2) is 11.7. The lowest BCUT2D eigenvalue weighted by atomic mass is 10.2. The van der Waals surface area contributed by atoms with Gasteiger partial charge in [0.2, 0.25) is 5.91 Å². The molecule has 13 heteroatoms. The number of nitriles is 1. The van der Waals surface area contributed by atoms with E-state index in [-0.39, 0.29) is 5.91 Å². The van der Waals surface area contributed by atoms with E-state index in [1.54, 1.807) is 12.3 Å². The van der Waals surface area contributed by atoms with Gasteiger partial charge in [-0.05, 0) is 25.0 Å². The van der Waals surface area contributed by atoms with Gasteiger partial charge >= 0.3 is 18.1 Å². The Morgan fingerprint density at radius 2 is 1.94 bits per heavy atom. The number of anilines is 1. The number of hydrogen-bond acceptors (Lipinski definition) is 7. The van der Waals surface area contributed by atoms with Crippen molar-refractivity contribution in [1.29, 1.82) is 5.26 Å². The molecule has 0 spiro atoms. The predicted octanol–water partition coefficient (Wildman–Crippen LogP) is 1.07. The molecule has 31 heavy (non-hydrogen) atoms. The van der Waals surface area contributed by atoms with Crippen LogP contribution in [0.1, 0.15) is 25.3 Å². The minimum Gasteiger partial charge on any atom is -0.480 e. The SMILES string of the molecule is CC(=O)N1CCC[C@H]1C(=O)O.N#Cc1ccc(N2[C]NCC2)nc1.O=C(O)C(F)(F)F. The number of likely N-dealkylation sites (tertiary alicyclic amines) is 1. The summed E-state index contributed by atoms with van der Waals surface area (Å²) in [6.07, 6.45) is -2.12. The number of hydrogen-bond donors (Lipinski definition) is 3. The van der Waals surface area contributed by atoms with Gasteiger partial charge in [0.05, 0.1) is 5.56 Å². The van der Waals surface area contributed by atoms with Gasteiger partial charge in [0.1, 0.15) is 17.9 Å². The number of carboxylic acids is 2. The predicted molar refractivity (Wildman–Crippen MR) is 99.3 cm³/mol. The largest absolute Gasteiger partial charge is 0.490 e. The fraction of sp³-hybridized carbons (Fsp3) is 0.444. The Bertz CT molecular complexity index is 784. The van der Waals surface area contributed by atoms with Crippen molar-refractivity contribution in [2.45, 2.75) is 32.0 Å². The number of carboxylic acid groups (broad SMARTS) is 2. The van der Waals surface area contributed by atoms with Gasteiger partial charge in [-0.2, -0.15) is 18.4 Å². The summed E-state index contributed by atoms with van der Waals surface area (Å²) in [5.74, 6) is -2.97. The maximum atomic E-state index is 10.8. The maximum Gasteiger partial charge on any atom is 0.490 e. The van der Waals surface area contributed by atoms with Crippen molar-refractivity contribution in [3.05, 3.63) is 30.6 Å². The first-order chi connectivity index (χ1) is 14.5. The van der Waals surface area contributed by atoms with Crippen molar-refractivity contribution in [1.82, 2.24) is 15.2 Å². The summed E-state index contributed by atoms with van der Waals surface area (Å²) >= 11 is 0. The van der Waals surface area contributed by atoms with Crippen LogP contribution in [-0.2, 0) is 14.4 Å². The van der Waals surface area contributed by atoms with E-state index in [0.717, 1.165) is 25.3 Å². The number of carbonyl (C=O) groups is 3. The summed E-state index contributed by atoms with van der Waals surface area (Å²) in [7, 11) is 0. The van der Waals surface area contributed by atoms with Crippen molar-refractivity contribution < 1.29 is 37.8 Å². The number of aliphatic carboxylic acids is 2. The third-order valence-corrected chi connectivity index (χ3v) is 4.01. The summed E-state index contributed by atoms with van der Waals surface area (Å²) in [4.78, 5) is 37.7. The second-order valence-corrected chi connectivity index (χ2v) is 6.22. The molecule has 2 aliphatic rings. The topological polar surface area (TPSA) is 147 Å². The van der Waals surface area contributed by atoms with E-state index < -0.39 is 24.2 Å². The van der Waals surface area contributed by atoms with Crippen molar-refractivity contribution in [2.24, 2.45) is 0 Å². The van der Waals surface area contributed by atoms with Crippen LogP contribution in [0.4, 0.5) is 19.0 Å². The number of amides is 1. The van der Waals surface area contributed by atoms with Gasteiger partial charge in [-0.3, -0.25) is 10.1 Å². The highest BCUT2D eigenvalue weighted by Crippen LogP contribution is 2.17. The normalized spacial score (nSPS) is 17.6. The number of rotatable bonds is 2. The molecule has 3 rings (SSSR count). The number of nitrogens with zero attached hydrogens (tertiary/aromatic N) is 4. The molecule has 1 aromatic rings. The van der Waals surface area contributed by atoms with Crippen molar-refractivity contribution in [3.63, 3.8) is 0 Å². The molecule has 10 nitrogen and oxygen atoms in total. The number of alkyl halides is 3. The minimum atomic E-state index is -5.08. The van der Waals surface area contributed by atoms with Crippen LogP contribution in [0.15, 0.2) is 18.3 Å². The van der Waals surface area contributed by atoms with E-state index in [0.29, 0.717) is 18.5 Å². The monoisotopic (exact) mass is 443 g/mol. The molecular weight excluding hydrogens is 423 g/mol. The summed E-state index contributed by atoms with van der Waals surface area (Å²) < 4.78 is 31.7. The number of halogens is 3. The Balaban J connectivity index is 0.000000245. The van der Waals surface area contributed by atoms with Crippen LogP contribution in [0.5, 0.6) is 0 Å². The van der Waals surface area contributed by atoms with Gasteiger partial charge in [-0.1, -0.05) is 0 Å². The summed E-state index contributed by atoms with van der Waals surface area (Å²) in [6, 6.07) is 5.02. The van der Waals surface area contributed by atoms with Gasteiger partial charge in [-0.15, -0.1) is 0 Å². The molecule has 2 radical (unpaired) electrons. The first-order valence-electron chi connectivity index (χ1n) is 8.89. The number of pyridine rings is 1. The Morgan fingerprint density at radius 3 is 2.29 bits per heavy atom. The van der Waals surface area contributed by atoms with Gasteiger partial charge in [-0.25, -0.2) is 14.6 Å². The average Bonchev–Trinajstić information content (AvgIpc) is 3.40. The highest BCUT2D eigenvalue weighted by molar-refractivity contribution is 5.82. The Kier molecular flexibility index (Phi) is 9.68. The van der Waals surface area contributed by atoms with E-state index in [1.165, 1.54) is 11.8 Å². The molecule has 1 aromatic heterocycles. The van der Waals surface area contributed by atoms with Crippen LogP contribution >= 0.6 is 0 Å². The maximum absolute atomic E-state index is 10.8. The summed E-state index contributed by atoms with van der Waals surface area (Å²) in [5.41, 5.74) is 0.580. The molecule has 168 valence electrons. The van der Waals surface area contributed by atoms with Gasteiger partial charge < -0.3 is 20.0 Å². The number of carbonyl (C=O) groups excluding carboxylic acids is 1. The van der Waals surface area contributed by atoms with Crippen molar-refractivity contribution >= 4 is 23.7 Å². The molecule has 2 aliphatic heterocycles. The highest BCUT2D eigenvalue weighted by Gasteiger charge is 2.38. The van der Waals surface area contributed by atoms with E-state index in [9.17, 15) is 22.8 Å². The Morgan fingerprint density at radius 1 is 1.29 bits per heavy atom. The van der Waals surface area contributed by atoms with E-state index >= 15 is 0 Å². The molecule has 3 N–H and O–H groups in total. The second-order valence-electron chi connectivity index (χ2n) is 6.22. The first-order valence-corrected chi connectivity index (χ1v) is 8.89. The molecule has 2 saturated heterocycles. The smallest absolute Gasteiger partial charge is 0.480 e. The lowest BCUT2D eigenvalue weighted by molar-refractivity contribution is -0.192. The zero-order valence-electron chi connectivity index (χ0n) is 16.4. The third-order valence-electron chi connectivity index (χ3n) is 4.01. The van der Waals surface area contributed by atoms with Crippen LogP contribution in [-0.4, -0.2) is 69.8 Å². The highest BCUT2D eigenvalue weighted by atomic mass is 19.4. The number of aromatic nitrogens is 1. The molecule has 0 aliphatic carbocycles. The van der Waals surface area contributed by atoms with Gasteiger partial charge in [0, 0.05) is 32.8 Å². The fourth-order valence-electron chi connectivity index (χ4n) is 2.56. The lowest BCUT2D eigenvalue weighted by Gasteiger charge is -2.18. The first kappa shape index (κ1) is 25.6. The van der Waals surface area contributed by atoms with E-state index in [4.69, 9.17) is 20.3 Å². The third kappa shape index (κ3) is 8.47. The van der Waals surface area contributed by atoms with E-state index in [2.05, 4.69) is 17.0 Å². The van der Waals surface area contributed by atoms with Crippen molar-refractivity contribution in [2.75, 3.05) is 24.5 Å². The van der Waals surface area contributed by atoms with Gasteiger partial charge in [0.15, 0.2) is 6.67 Å². The van der Waals surface area contributed by atoms with E-state index in [1.807, 2.05) is 17.0 Å². The summed E-state index contributed by atoms with van der Waals surface area (Å²) in [6.45, 7) is 6.71. The van der Waals surface area contributed by atoms with Crippen LogP contribution in [0.2, 0.25) is 0 Å². The zero-order valence-corrected chi connectivity index (χ0v) is 16.4. The molecule has 0 bridgehead atoms. The molecular formula is C18H20F3N5O5. The average molecular weight is 443 g/mol. The van der Waals surface area contributed by atoms with Gasteiger partial charge in [0.25, 0.3) is 0 Å². The molecule has 0 unspecified atom stereocenters. The molecule has 1 amide bonds. The van der Waals surface area contributed by atoms with Crippen LogP contribution < -0.4 is 10.2 Å². The standard InChI is InChI=1S/C9H8N4.C7H11NO3.C2HF3O2/c10-5-8-1-2-9(12-6-8)13-4-3-11-7-13;1-5(9)8-4-2-3-6(8)7(10)11;3-2(4,5)1(6)7/h1-2,6,11H,3-4H2;6H,2-4H2,1H3,(H,10,11);(H,6,7)/t;6-;/m.0./s1. The Labute approximate surface area is 175 Å². The van der Waals surface area contributed by atoms with Crippen LogP contribution in [0, 0.1) is 18.0 Å². The molecule has 3 heterocycles. The van der Waals surface area contributed by atoms with Crippen molar-refractivity contribution in [3.8, 4) is 6.07 Å². The summed E-state index contributed by atoms with van der Waals surface area (Å²) in [5, 5.41) is 27.3. The Hall–Kier alpha value is -3.40. The quantitative estimate of drug-likeness (QED) is 0.611.